The van der Waals surface area contributed by atoms with E-state index in [2.05, 4.69) is 25.5 Å². The molecular weight excluding hydrogens is 366 g/mol. The molecule has 1 saturated heterocycles. The quantitative estimate of drug-likeness (QED) is 0.740. The van der Waals surface area contributed by atoms with E-state index in [0.29, 0.717) is 6.54 Å². The van der Waals surface area contributed by atoms with Crippen molar-refractivity contribution in [2.24, 2.45) is 0 Å². The van der Waals surface area contributed by atoms with Crippen LogP contribution in [0.5, 0.6) is 0 Å². The van der Waals surface area contributed by atoms with Crippen LogP contribution in [0.2, 0.25) is 0 Å². The Labute approximate surface area is 170 Å². The first-order valence-corrected chi connectivity index (χ1v) is 9.89. The summed E-state index contributed by atoms with van der Waals surface area (Å²) in [6, 6.07) is 13.7. The predicted octanol–water partition coefficient (Wildman–Crippen LogP) is 2.65. The summed E-state index contributed by atoms with van der Waals surface area (Å²) < 4.78 is 1.81. The van der Waals surface area contributed by atoms with Gasteiger partial charge in [-0.2, -0.15) is 10.2 Å². The van der Waals surface area contributed by atoms with Crippen LogP contribution in [-0.4, -0.2) is 57.1 Å². The first-order valence-electron chi connectivity index (χ1n) is 9.89. The number of anilines is 1. The standard InChI is InChI=1S/C21H25N7O/c1-17(18-6-8-19(9-7-18)28-14-3-11-23-28)24-21(29)27-13-4-12-26(15-16-27)20-5-2-10-22-25-20/h2-3,5-11,14,17H,4,12-13,15-16H2,1H3,(H,24,29). The van der Waals surface area contributed by atoms with Crippen molar-refractivity contribution in [1.82, 2.24) is 30.2 Å². The van der Waals surface area contributed by atoms with E-state index >= 15 is 0 Å². The van der Waals surface area contributed by atoms with Gasteiger partial charge in [0.15, 0.2) is 5.82 Å². The lowest BCUT2D eigenvalue weighted by molar-refractivity contribution is 0.198. The van der Waals surface area contributed by atoms with Crippen LogP contribution in [0, 0.1) is 0 Å². The van der Waals surface area contributed by atoms with E-state index in [1.165, 1.54) is 0 Å². The van der Waals surface area contributed by atoms with Gasteiger partial charge in [0.05, 0.1) is 11.7 Å². The van der Waals surface area contributed by atoms with E-state index in [-0.39, 0.29) is 12.1 Å². The van der Waals surface area contributed by atoms with Gasteiger partial charge in [0.1, 0.15) is 0 Å². The molecule has 4 rings (SSSR count). The summed E-state index contributed by atoms with van der Waals surface area (Å²) >= 11 is 0. The lowest BCUT2D eigenvalue weighted by atomic mass is 10.1. The fourth-order valence-electron chi connectivity index (χ4n) is 3.51. The zero-order valence-electron chi connectivity index (χ0n) is 16.5. The van der Waals surface area contributed by atoms with Gasteiger partial charge in [0, 0.05) is 44.8 Å². The van der Waals surface area contributed by atoms with E-state index in [1.807, 2.05) is 65.2 Å². The fourth-order valence-corrected chi connectivity index (χ4v) is 3.51. The fraction of sp³-hybridized carbons (Fsp3) is 0.333. The number of nitrogens with one attached hydrogen (secondary N) is 1. The summed E-state index contributed by atoms with van der Waals surface area (Å²) in [7, 11) is 0. The Morgan fingerprint density at radius 2 is 1.90 bits per heavy atom. The highest BCUT2D eigenvalue weighted by atomic mass is 16.2. The second-order valence-electron chi connectivity index (χ2n) is 7.12. The van der Waals surface area contributed by atoms with E-state index in [9.17, 15) is 4.79 Å². The molecule has 1 aliphatic heterocycles. The van der Waals surface area contributed by atoms with Crippen molar-refractivity contribution in [3.05, 3.63) is 66.6 Å². The molecule has 29 heavy (non-hydrogen) atoms. The van der Waals surface area contributed by atoms with Crippen LogP contribution >= 0.6 is 0 Å². The molecule has 1 aliphatic rings. The van der Waals surface area contributed by atoms with Crippen LogP contribution in [-0.2, 0) is 0 Å². The van der Waals surface area contributed by atoms with Gasteiger partial charge < -0.3 is 15.1 Å². The maximum absolute atomic E-state index is 12.8. The zero-order chi connectivity index (χ0) is 20.1. The molecule has 1 fully saturated rings. The van der Waals surface area contributed by atoms with Crippen molar-refractivity contribution in [1.29, 1.82) is 0 Å². The van der Waals surface area contributed by atoms with E-state index in [0.717, 1.165) is 43.1 Å². The number of hydrogen-bond acceptors (Lipinski definition) is 5. The minimum atomic E-state index is -0.0754. The average molecular weight is 391 g/mol. The summed E-state index contributed by atoms with van der Waals surface area (Å²) in [5.41, 5.74) is 2.05. The summed E-state index contributed by atoms with van der Waals surface area (Å²) in [5.74, 6) is 0.861. The Kier molecular flexibility index (Phi) is 5.69. The minimum absolute atomic E-state index is 0.0327. The lowest BCUT2D eigenvalue weighted by Gasteiger charge is -2.24. The first kappa shape index (κ1) is 18.9. The van der Waals surface area contributed by atoms with Gasteiger partial charge in [-0.3, -0.25) is 0 Å². The topological polar surface area (TPSA) is 79.2 Å². The summed E-state index contributed by atoms with van der Waals surface area (Å²) in [5, 5.41) is 15.5. The third kappa shape index (κ3) is 4.53. The van der Waals surface area contributed by atoms with Crippen molar-refractivity contribution in [3.8, 4) is 5.69 Å². The Morgan fingerprint density at radius 3 is 2.62 bits per heavy atom. The Balaban J connectivity index is 1.34. The molecule has 2 amide bonds. The van der Waals surface area contributed by atoms with E-state index in [1.54, 1.807) is 12.4 Å². The molecule has 1 atom stereocenters. The van der Waals surface area contributed by atoms with E-state index in [4.69, 9.17) is 0 Å². The number of carbonyl (C=O) groups is 1. The van der Waals surface area contributed by atoms with Crippen LogP contribution < -0.4 is 10.2 Å². The van der Waals surface area contributed by atoms with Crippen molar-refractivity contribution in [3.63, 3.8) is 0 Å². The van der Waals surface area contributed by atoms with Crippen molar-refractivity contribution >= 4 is 11.8 Å². The molecule has 3 aromatic rings. The van der Waals surface area contributed by atoms with Gasteiger partial charge in [0.25, 0.3) is 0 Å². The number of urea groups is 1. The summed E-state index contributed by atoms with van der Waals surface area (Å²) in [6.45, 7) is 5.01. The van der Waals surface area contributed by atoms with Gasteiger partial charge in [-0.05, 0) is 49.2 Å². The third-order valence-corrected chi connectivity index (χ3v) is 5.17. The van der Waals surface area contributed by atoms with Gasteiger partial charge in [-0.15, -0.1) is 5.10 Å². The molecular formula is C21H25N7O. The van der Waals surface area contributed by atoms with Gasteiger partial charge in [-0.25, -0.2) is 9.48 Å². The zero-order valence-corrected chi connectivity index (χ0v) is 16.5. The van der Waals surface area contributed by atoms with Crippen LogP contribution in [0.3, 0.4) is 0 Å². The molecule has 0 saturated carbocycles. The SMILES string of the molecule is CC(NC(=O)N1CCCN(c2cccnn2)CC1)c1ccc(-n2cccn2)cc1. The van der Waals surface area contributed by atoms with Crippen LogP contribution in [0.1, 0.15) is 24.9 Å². The molecule has 0 spiro atoms. The Morgan fingerprint density at radius 1 is 1.03 bits per heavy atom. The van der Waals surface area contributed by atoms with Crippen LogP contribution in [0.25, 0.3) is 5.69 Å². The highest BCUT2D eigenvalue weighted by Gasteiger charge is 2.21. The third-order valence-electron chi connectivity index (χ3n) is 5.17. The monoisotopic (exact) mass is 391 g/mol. The summed E-state index contributed by atoms with van der Waals surface area (Å²) in [4.78, 5) is 16.8. The number of nitrogens with zero attached hydrogens (tertiary/aromatic N) is 6. The molecule has 3 heterocycles. The largest absolute Gasteiger partial charge is 0.353 e. The number of benzene rings is 1. The molecule has 0 radical (unpaired) electrons. The van der Waals surface area contributed by atoms with E-state index < -0.39 is 0 Å². The highest BCUT2D eigenvalue weighted by molar-refractivity contribution is 5.74. The molecule has 2 aromatic heterocycles. The minimum Gasteiger partial charge on any atom is -0.353 e. The highest BCUT2D eigenvalue weighted by Crippen LogP contribution is 2.17. The molecule has 0 aliphatic carbocycles. The van der Waals surface area contributed by atoms with Crippen molar-refractivity contribution in [2.75, 3.05) is 31.1 Å². The normalized spacial score (nSPS) is 15.6. The Hall–Kier alpha value is -3.42. The van der Waals surface area contributed by atoms with Gasteiger partial charge >= 0.3 is 6.03 Å². The number of amides is 2. The van der Waals surface area contributed by atoms with Crippen LogP contribution in [0.4, 0.5) is 10.6 Å². The van der Waals surface area contributed by atoms with Crippen LogP contribution in [0.15, 0.2) is 61.1 Å². The summed E-state index contributed by atoms with van der Waals surface area (Å²) in [6.07, 6.45) is 6.23. The number of rotatable bonds is 4. The maximum Gasteiger partial charge on any atom is 0.317 e. The Bertz CT molecular complexity index is 912. The molecule has 8 heteroatoms. The van der Waals surface area contributed by atoms with Crippen molar-refractivity contribution < 1.29 is 4.79 Å². The molecule has 1 N–H and O–H groups in total. The lowest BCUT2D eigenvalue weighted by Crippen LogP contribution is -2.43. The second-order valence-corrected chi connectivity index (χ2v) is 7.12. The predicted molar refractivity (Wildman–Crippen MR) is 111 cm³/mol. The smallest absolute Gasteiger partial charge is 0.317 e. The molecule has 150 valence electrons. The first-order chi connectivity index (χ1) is 14.2. The molecule has 1 aromatic carbocycles. The maximum atomic E-state index is 12.8. The number of hydrogen-bond donors (Lipinski definition) is 1. The van der Waals surface area contributed by atoms with Gasteiger partial charge in [0.2, 0.25) is 0 Å². The van der Waals surface area contributed by atoms with Crippen molar-refractivity contribution in [2.45, 2.75) is 19.4 Å². The molecule has 8 nitrogen and oxygen atoms in total. The molecule has 0 bridgehead atoms. The number of carbonyl (C=O) groups excluding carboxylic acids is 1. The molecule has 1 unspecified atom stereocenters. The van der Waals surface area contributed by atoms with Gasteiger partial charge in [-0.1, -0.05) is 12.1 Å². The second kappa shape index (κ2) is 8.72. The number of aromatic nitrogens is 4. The average Bonchev–Trinajstić information content (AvgIpc) is 3.18.